The number of rotatable bonds is 13. The lowest BCUT2D eigenvalue weighted by molar-refractivity contribution is -0.162. The molecule has 0 aromatic heterocycles. The van der Waals surface area contributed by atoms with Gasteiger partial charge in [-0.1, -0.05) is 70.8 Å². The van der Waals surface area contributed by atoms with Crippen molar-refractivity contribution in [3.05, 3.63) is 46.5 Å². The first-order valence-electron chi connectivity index (χ1n) is 19.6. The number of epoxide rings is 1. The predicted octanol–water partition coefficient (Wildman–Crippen LogP) is 5.20. The quantitative estimate of drug-likeness (QED) is 0.102. The van der Waals surface area contributed by atoms with Gasteiger partial charge in [-0.25, -0.2) is 9.59 Å². The second-order valence-electron chi connectivity index (χ2n) is 15.6. The number of amides is 4. The summed E-state index contributed by atoms with van der Waals surface area (Å²) in [6, 6.07) is 2.57. The Morgan fingerprint density at radius 3 is 2.58 bits per heavy atom. The lowest BCUT2D eigenvalue weighted by atomic mass is 9.83. The van der Waals surface area contributed by atoms with Crippen LogP contribution in [-0.4, -0.2) is 128 Å². The molecule has 1 aromatic rings. The number of methoxy groups -OCH3 is 2. The molecule has 1 aromatic carbocycles. The van der Waals surface area contributed by atoms with Crippen LogP contribution in [0.4, 0.5) is 10.5 Å². The highest BCUT2D eigenvalue weighted by atomic mass is 35.5. The van der Waals surface area contributed by atoms with E-state index in [9.17, 15) is 29.1 Å². The molecule has 18 heteroatoms. The van der Waals surface area contributed by atoms with Crippen LogP contribution in [0.3, 0.4) is 0 Å². The van der Waals surface area contributed by atoms with Gasteiger partial charge in [0.15, 0.2) is 5.72 Å². The van der Waals surface area contributed by atoms with Crippen molar-refractivity contribution in [1.82, 2.24) is 15.5 Å². The first-order valence-corrected chi connectivity index (χ1v) is 22.4. The molecule has 0 aliphatic carbocycles. The second kappa shape index (κ2) is 20.9. The number of ether oxygens (including phenoxy) is 5. The van der Waals surface area contributed by atoms with E-state index in [-0.39, 0.29) is 41.3 Å². The molecule has 4 bridgehead atoms. The van der Waals surface area contributed by atoms with E-state index in [1.165, 1.54) is 41.9 Å². The molecular formula is C41H59ClN4O11S2. The molecule has 4 amide bonds. The Hall–Kier alpha value is -3.48. The molecule has 0 spiro atoms. The highest BCUT2D eigenvalue weighted by Crippen LogP contribution is 2.49. The second-order valence-corrected chi connectivity index (χ2v) is 18.9. The average Bonchev–Trinajstić information content (AvgIpc) is 3.90. The number of likely N-dealkylation sites (N-methyl/N-ethyl adjacent to an activating group) is 1. The molecule has 2 unspecified atom stereocenters. The summed E-state index contributed by atoms with van der Waals surface area (Å²) >= 11 is 6.78. The Labute approximate surface area is 360 Å². The Bertz CT molecular complexity index is 1780. The highest BCUT2D eigenvalue weighted by molar-refractivity contribution is 8.76. The molecule has 3 N–H and O–H groups in total. The number of aliphatic hydroxyl groups is 1. The fraction of sp³-hybridized carbons (Fsp3) is 0.634. The molecular weight excluding hydrogens is 824 g/mol. The number of halogens is 1. The zero-order chi connectivity index (χ0) is 43.8. The SMILES string of the molecule is CNC(=O)CCC(C)SSCCC(=O)N(C)[C@@H](C)C(=O)O[C@H]1CC(=O)N(C)c2cc(cc(OC)c2Cl)C/C(C)=C/C=C/[C@@H](OC)[C@@]2(O)C[C@H](OC(=O)N2)[C@@H](C)C2O[C@]21C. The van der Waals surface area contributed by atoms with Gasteiger partial charge in [0.25, 0.3) is 0 Å². The van der Waals surface area contributed by atoms with E-state index < -0.39 is 65.7 Å². The third kappa shape index (κ3) is 12.1. The smallest absolute Gasteiger partial charge is 0.409 e. The van der Waals surface area contributed by atoms with Gasteiger partial charge in [0.1, 0.15) is 40.7 Å². The first kappa shape index (κ1) is 48.2. The third-order valence-electron chi connectivity index (χ3n) is 11.2. The molecule has 15 nitrogen and oxygen atoms in total. The van der Waals surface area contributed by atoms with Crippen LogP contribution in [0.15, 0.2) is 35.9 Å². The molecule has 3 aliphatic rings. The minimum atomic E-state index is -1.84. The number of carbonyl (C=O) groups excluding carboxylic acids is 5. The Morgan fingerprint density at radius 2 is 1.92 bits per heavy atom. The lowest BCUT2D eigenvalue weighted by Crippen LogP contribution is -2.63. The molecule has 9 atom stereocenters. The Morgan fingerprint density at radius 1 is 1.20 bits per heavy atom. The minimum absolute atomic E-state index is 0.0193. The molecule has 3 aliphatic heterocycles. The fourth-order valence-electron chi connectivity index (χ4n) is 7.20. The van der Waals surface area contributed by atoms with Gasteiger partial charge in [0.2, 0.25) is 17.7 Å². The van der Waals surface area contributed by atoms with Crippen LogP contribution in [0.25, 0.3) is 0 Å². The predicted molar refractivity (Wildman–Crippen MR) is 228 cm³/mol. The Kier molecular flexibility index (Phi) is 17.0. The number of esters is 1. The van der Waals surface area contributed by atoms with Crippen LogP contribution in [-0.2, 0) is 44.5 Å². The summed E-state index contributed by atoms with van der Waals surface area (Å²) in [6.07, 6.45) is 2.11. The van der Waals surface area contributed by atoms with Crippen LogP contribution < -0.4 is 20.3 Å². The van der Waals surface area contributed by atoms with Crippen LogP contribution in [0, 0.1) is 5.92 Å². The topological polar surface area (TPSA) is 186 Å². The number of fused-ring (bicyclic) bond motifs is 5. The van der Waals surface area contributed by atoms with Crippen LogP contribution in [0.2, 0.25) is 5.02 Å². The Balaban J connectivity index is 1.61. The van der Waals surface area contributed by atoms with Crippen LogP contribution in [0.1, 0.15) is 72.3 Å². The number of benzene rings is 1. The number of hydrogen-bond acceptors (Lipinski definition) is 13. The van der Waals surface area contributed by atoms with E-state index in [1.807, 2.05) is 19.9 Å². The molecule has 328 valence electrons. The van der Waals surface area contributed by atoms with Crippen molar-refractivity contribution in [2.45, 2.75) is 120 Å². The van der Waals surface area contributed by atoms with Crippen molar-refractivity contribution < 1.29 is 52.8 Å². The summed E-state index contributed by atoms with van der Waals surface area (Å²) < 4.78 is 29.3. The molecule has 2 fully saturated rings. The number of nitrogens with zero attached hydrogens (tertiary/aromatic N) is 2. The van der Waals surface area contributed by atoms with Gasteiger partial charge in [-0.05, 0) is 51.3 Å². The van der Waals surface area contributed by atoms with Gasteiger partial charge < -0.3 is 43.9 Å². The van der Waals surface area contributed by atoms with Gasteiger partial charge in [-0.2, -0.15) is 0 Å². The van der Waals surface area contributed by atoms with Gasteiger partial charge in [0, 0.05) is 64.4 Å². The van der Waals surface area contributed by atoms with Crippen molar-refractivity contribution in [1.29, 1.82) is 0 Å². The molecule has 2 saturated heterocycles. The molecule has 4 rings (SSSR count). The zero-order valence-corrected chi connectivity index (χ0v) is 37.9. The standard InChI is InChI=1S/C41H59ClN4O11S2/c1-23-12-11-13-31(54-10)41(52)22-30(55-39(51)44-41)25(3)37-40(5,57-37)32(21-35(49)46(8)28-19-27(18-23)20-29(53-9)36(28)42)56-38(50)26(4)45(7)34(48)16-17-58-59-24(2)14-15-33(47)43-6/h11-13,19-20,24-26,30-32,37,52H,14-18,21-22H2,1-10H3,(H,43,47)(H,44,51)/b13-11+,23-12+/t24?,25-,26+,30+,31-,32+,37?,40+,41+/m1/s1. The maximum atomic E-state index is 14.2. The maximum absolute atomic E-state index is 14.2. The molecule has 59 heavy (non-hydrogen) atoms. The number of carbonyl (C=O) groups is 5. The van der Waals surface area contributed by atoms with Crippen molar-refractivity contribution in [2.75, 3.05) is 46.0 Å². The first-order chi connectivity index (χ1) is 27.8. The van der Waals surface area contributed by atoms with Crippen LogP contribution >= 0.6 is 33.2 Å². The van der Waals surface area contributed by atoms with E-state index >= 15 is 0 Å². The van der Waals surface area contributed by atoms with Gasteiger partial charge >= 0.3 is 12.1 Å². The number of nitrogens with one attached hydrogen (secondary N) is 2. The number of hydrogen-bond donors (Lipinski definition) is 3. The van der Waals surface area contributed by atoms with E-state index in [2.05, 4.69) is 10.6 Å². The molecule has 0 radical (unpaired) electrons. The summed E-state index contributed by atoms with van der Waals surface area (Å²) in [5.41, 5.74) is -0.976. The summed E-state index contributed by atoms with van der Waals surface area (Å²) in [5.74, 6) is -1.16. The van der Waals surface area contributed by atoms with E-state index in [0.29, 0.717) is 36.5 Å². The van der Waals surface area contributed by atoms with Crippen molar-refractivity contribution >= 4 is 68.7 Å². The van der Waals surface area contributed by atoms with E-state index in [0.717, 1.165) is 11.1 Å². The number of anilines is 1. The minimum Gasteiger partial charge on any atom is -0.495 e. The zero-order valence-electron chi connectivity index (χ0n) is 35.5. The van der Waals surface area contributed by atoms with Crippen molar-refractivity contribution in [2.24, 2.45) is 5.92 Å². The van der Waals surface area contributed by atoms with Crippen molar-refractivity contribution in [3.8, 4) is 5.75 Å². The summed E-state index contributed by atoms with van der Waals surface area (Å²) in [5, 5.41) is 17.3. The van der Waals surface area contributed by atoms with Crippen molar-refractivity contribution in [3.63, 3.8) is 0 Å². The van der Waals surface area contributed by atoms with Crippen LogP contribution in [0.5, 0.6) is 5.75 Å². The van der Waals surface area contributed by atoms with E-state index in [1.54, 1.807) is 69.9 Å². The monoisotopic (exact) mass is 882 g/mol. The van der Waals surface area contributed by atoms with Gasteiger partial charge in [0.05, 0.1) is 25.3 Å². The summed E-state index contributed by atoms with van der Waals surface area (Å²) in [6.45, 7) is 9.01. The molecule has 0 saturated carbocycles. The normalized spacial score (nSPS) is 29.7. The number of alkyl carbamates (subject to hydrolysis) is 1. The van der Waals surface area contributed by atoms with Gasteiger partial charge in [-0.3, -0.25) is 19.7 Å². The number of allylic oxidation sites excluding steroid dienone is 3. The highest BCUT2D eigenvalue weighted by Gasteiger charge is 2.64. The van der Waals surface area contributed by atoms with E-state index in [4.69, 9.17) is 35.3 Å². The summed E-state index contributed by atoms with van der Waals surface area (Å²) in [7, 11) is 10.7. The average molecular weight is 884 g/mol. The summed E-state index contributed by atoms with van der Waals surface area (Å²) in [4.78, 5) is 68.5. The maximum Gasteiger partial charge on any atom is 0.409 e. The molecule has 3 heterocycles. The largest absolute Gasteiger partial charge is 0.495 e. The third-order valence-corrected chi connectivity index (χ3v) is 14.6. The van der Waals surface area contributed by atoms with Gasteiger partial charge in [-0.15, -0.1) is 0 Å². The fourth-order valence-corrected chi connectivity index (χ4v) is 9.83. The lowest BCUT2D eigenvalue weighted by Gasteiger charge is -2.42.